The van der Waals surface area contributed by atoms with Crippen LogP contribution in [0, 0.1) is 5.82 Å². The molecule has 0 saturated heterocycles. The van der Waals surface area contributed by atoms with Gasteiger partial charge in [-0.05, 0) is 35.4 Å². The third kappa shape index (κ3) is 3.33. The van der Waals surface area contributed by atoms with Gasteiger partial charge in [0.1, 0.15) is 5.82 Å². The van der Waals surface area contributed by atoms with Crippen molar-refractivity contribution >= 4 is 23.2 Å². The number of aliphatic imine (C=N–C) groups is 1. The Kier molecular flexibility index (Phi) is 4.09. The van der Waals surface area contributed by atoms with Gasteiger partial charge in [0.2, 0.25) is 5.95 Å². The van der Waals surface area contributed by atoms with Crippen LogP contribution < -0.4 is 0 Å². The van der Waals surface area contributed by atoms with E-state index in [9.17, 15) is 4.39 Å². The first-order valence-corrected chi connectivity index (χ1v) is 8.08. The van der Waals surface area contributed by atoms with E-state index < -0.39 is 0 Å². The zero-order valence-corrected chi connectivity index (χ0v) is 13.5. The first kappa shape index (κ1) is 15.3. The van der Waals surface area contributed by atoms with Crippen molar-refractivity contribution in [2.45, 2.75) is 6.54 Å². The van der Waals surface area contributed by atoms with Crippen LogP contribution in [-0.2, 0) is 6.54 Å². The highest BCUT2D eigenvalue weighted by Crippen LogP contribution is 2.23. The number of aromatic nitrogens is 2. The van der Waals surface area contributed by atoms with Crippen LogP contribution >= 0.6 is 0 Å². The molecule has 4 heteroatoms. The van der Waals surface area contributed by atoms with E-state index in [1.54, 1.807) is 18.3 Å². The molecule has 0 spiro atoms. The van der Waals surface area contributed by atoms with Crippen LogP contribution in [-0.4, -0.2) is 15.8 Å². The monoisotopic (exact) mass is 329 g/mol. The van der Waals surface area contributed by atoms with E-state index in [0.717, 1.165) is 16.6 Å². The van der Waals surface area contributed by atoms with Gasteiger partial charge in [-0.1, -0.05) is 54.6 Å². The van der Waals surface area contributed by atoms with Crippen LogP contribution in [0.1, 0.15) is 11.1 Å². The van der Waals surface area contributed by atoms with Crippen LogP contribution in [0.5, 0.6) is 0 Å². The molecule has 0 saturated carbocycles. The maximum atomic E-state index is 13.0. The van der Waals surface area contributed by atoms with Crippen LogP contribution in [0.25, 0.3) is 11.0 Å². The largest absolute Gasteiger partial charge is 0.304 e. The SMILES string of the molecule is Fc1ccc(C=Nc2nc3ccccc3n2Cc2ccccc2)cc1. The third-order valence-corrected chi connectivity index (χ3v) is 4.02. The van der Waals surface area contributed by atoms with E-state index in [1.807, 2.05) is 42.5 Å². The van der Waals surface area contributed by atoms with Gasteiger partial charge in [-0.25, -0.2) is 14.4 Å². The van der Waals surface area contributed by atoms with Crippen LogP contribution in [0.3, 0.4) is 0 Å². The Balaban J connectivity index is 1.74. The minimum Gasteiger partial charge on any atom is -0.304 e. The van der Waals surface area contributed by atoms with Crippen molar-refractivity contribution in [1.29, 1.82) is 0 Å². The molecule has 4 rings (SSSR count). The highest BCUT2D eigenvalue weighted by Gasteiger charge is 2.09. The molecule has 0 amide bonds. The van der Waals surface area contributed by atoms with E-state index in [4.69, 9.17) is 0 Å². The molecule has 25 heavy (non-hydrogen) atoms. The van der Waals surface area contributed by atoms with Crippen molar-refractivity contribution in [2.24, 2.45) is 4.99 Å². The first-order chi connectivity index (χ1) is 12.3. The fourth-order valence-corrected chi connectivity index (χ4v) is 2.76. The van der Waals surface area contributed by atoms with Crippen molar-refractivity contribution in [1.82, 2.24) is 9.55 Å². The lowest BCUT2D eigenvalue weighted by Crippen LogP contribution is -1.99. The third-order valence-electron chi connectivity index (χ3n) is 4.02. The Morgan fingerprint density at radius 3 is 2.40 bits per heavy atom. The van der Waals surface area contributed by atoms with Crippen LogP contribution in [0.2, 0.25) is 0 Å². The second-order valence-corrected chi connectivity index (χ2v) is 5.78. The second-order valence-electron chi connectivity index (χ2n) is 5.78. The molecule has 0 aliphatic rings. The van der Waals surface area contributed by atoms with E-state index in [-0.39, 0.29) is 5.82 Å². The molecule has 122 valence electrons. The molecular weight excluding hydrogens is 313 g/mol. The number of imidazole rings is 1. The lowest BCUT2D eigenvalue weighted by Gasteiger charge is -2.06. The van der Waals surface area contributed by atoms with Gasteiger partial charge in [0, 0.05) is 6.21 Å². The Hall–Kier alpha value is -3.27. The molecule has 0 atom stereocenters. The summed E-state index contributed by atoms with van der Waals surface area (Å²) >= 11 is 0. The van der Waals surface area contributed by atoms with Crippen molar-refractivity contribution < 1.29 is 4.39 Å². The van der Waals surface area contributed by atoms with Gasteiger partial charge in [0.05, 0.1) is 17.6 Å². The molecule has 1 aromatic heterocycles. The smallest absolute Gasteiger partial charge is 0.230 e. The summed E-state index contributed by atoms with van der Waals surface area (Å²) in [5.41, 5.74) is 3.96. The van der Waals surface area contributed by atoms with Gasteiger partial charge in [-0.3, -0.25) is 0 Å². The van der Waals surface area contributed by atoms with E-state index in [0.29, 0.717) is 12.5 Å². The molecule has 0 bridgehead atoms. The molecule has 0 aliphatic carbocycles. The van der Waals surface area contributed by atoms with Crippen molar-refractivity contribution in [3.8, 4) is 0 Å². The summed E-state index contributed by atoms with van der Waals surface area (Å²) in [4.78, 5) is 9.18. The van der Waals surface area contributed by atoms with Gasteiger partial charge >= 0.3 is 0 Å². The summed E-state index contributed by atoms with van der Waals surface area (Å²) in [7, 11) is 0. The predicted molar refractivity (Wildman–Crippen MR) is 98.9 cm³/mol. The summed E-state index contributed by atoms with van der Waals surface area (Å²) < 4.78 is 15.1. The standard InChI is InChI=1S/C21H16FN3/c22-18-12-10-16(11-13-18)14-23-21-24-19-8-4-5-9-20(19)25(21)15-17-6-2-1-3-7-17/h1-14H,15H2. The quantitative estimate of drug-likeness (QED) is 0.486. The molecular formula is C21H16FN3. The van der Waals surface area contributed by atoms with Crippen LogP contribution in [0.15, 0.2) is 83.9 Å². The Bertz CT molecular complexity index is 1020. The molecule has 4 aromatic rings. The fourth-order valence-electron chi connectivity index (χ4n) is 2.76. The number of hydrogen-bond donors (Lipinski definition) is 0. The van der Waals surface area contributed by atoms with Gasteiger partial charge in [0.25, 0.3) is 0 Å². The minimum atomic E-state index is -0.256. The summed E-state index contributed by atoms with van der Waals surface area (Å²) in [6.07, 6.45) is 1.71. The summed E-state index contributed by atoms with van der Waals surface area (Å²) in [6, 6.07) is 24.5. The fraction of sp³-hybridized carbons (Fsp3) is 0.0476. The average Bonchev–Trinajstić information content (AvgIpc) is 3.00. The summed E-state index contributed by atoms with van der Waals surface area (Å²) in [5.74, 6) is 0.378. The number of nitrogens with zero attached hydrogens (tertiary/aromatic N) is 3. The highest BCUT2D eigenvalue weighted by molar-refractivity contribution is 5.83. The normalized spacial score (nSPS) is 11.4. The summed E-state index contributed by atoms with van der Waals surface area (Å²) in [6.45, 7) is 0.692. The predicted octanol–water partition coefficient (Wildman–Crippen LogP) is 4.97. The number of fused-ring (bicyclic) bond motifs is 1. The first-order valence-electron chi connectivity index (χ1n) is 8.08. The Morgan fingerprint density at radius 1 is 0.880 bits per heavy atom. The number of halogens is 1. The van der Waals surface area contributed by atoms with Gasteiger partial charge < -0.3 is 4.57 Å². The van der Waals surface area contributed by atoms with Gasteiger partial charge in [-0.2, -0.15) is 0 Å². The second kappa shape index (κ2) is 6.69. The average molecular weight is 329 g/mol. The maximum Gasteiger partial charge on any atom is 0.230 e. The number of para-hydroxylation sites is 2. The van der Waals surface area contributed by atoms with Gasteiger partial charge in [-0.15, -0.1) is 0 Å². The zero-order chi connectivity index (χ0) is 17.1. The number of rotatable bonds is 4. The number of benzene rings is 3. The van der Waals surface area contributed by atoms with Crippen LogP contribution in [0.4, 0.5) is 10.3 Å². The Morgan fingerprint density at radius 2 is 1.60 bits per heavy atom. The lowest BCUT2D eigenvalue weighted by molar-refractivity contribution is 0.628. The molecule has 0 N–H and O–H groups in total. The lowest BCUT2D eigenvalue weighted by atomic mass is 10.2. The van der Waals surface area contributed by atoms with E-state index in [2.05, 4.69) is 26.7 Å². The molecule has 0 fully saturated rings. The number of hydrogen-bond acceptors (Lipinski definition) is 2. The molecule has 3 nitrogen and oxygen atoms in total. The van der Waals surface area contributed by atoms with Gasteiger partial charge in [0.15, 0.2) is 0 Å². The molecule has 0 aliphatic heterocycles. The summed E-state index contributed by atoms with van der Waals surface area (Å²) in [5, 5.41) is 0. The minimum absolute atomic E-state index is 0.256. The highest BCUT2D eigenvalue weighted by atomic mass is 19.1. The van der Waals surface area contributed by atoms with E-state index >= 15 is 0 Å². The van der Waals surface area contributed by atoms with Crippen molar-refractivity contribution in [2.75, 3.05) is 0 Å². The Labute approximate surface area is 145 Å². The topological polar surface area (TPSA) is 30.2 Å². The maximum absolute atomic E-state index is 13.0. The van der Waals surface area contributed by atoms with Crippen molar-refractivity contribution in [3.63, 3.8) is 0 Å². The molecule has 0 radical (unpaired) electrons. The molecule has 1 heterocycles. The zero-order valence-electron chi connectivity index (χ0n) is 13.5. The van der Waals surface area contributed by atoms with Crippen molar-refractivity contribution in [3.05, 3.63) is 95.8 Å². The van der Waals surface area contributed by atoms with E-state index in [1.165, 1.54) is 17.7 Å². The molecule has 3 aromatic carbocycles. The molecule has 0 unspecified atom stereocenters.